The van der Waals surface area contributed by atoms with Crippen LogP contribution in [-0.2, 0) is 0 Å². The molecule has 1 aromatic carbocycles. The van der Waals surface area contributed by atoms with Crippen molar-refractivity contribution in [2.45, 2.75) is 19.9 Å². The minimum absolute atomic E-state index is 0.130. The molecule has 0 unspecified atom stereocenters. The van der Waals surface area contributed by atoms with E-state index in [-0.39, 0.29) is 11.1 Å². The quantitative estimate of drug-likeness (QED) is 0.791. The Morgan fingerprint density at radius 1 is 1.38 bits per heavy atom. The topological polar surface area (TPSA) is 63.5 Å². The lowest BCUT2D eigenvalue weighted by atomic mass is 10.1. The van der Waals surface area contributed by atoms with Gasteiger partial charge in [0.05, 0.1) is 6.04 Å². The second-order valence-electron chi connectivity index (χ2n) is 5.33. The average molecular weight is 349 g/mol. The van der Waals surface area contributed by atoms with Crippen molar-refractivity contribution in [1.82, 2.24) is 14.7 Å². The molecule has 8 heteroatoms. The number of aryl methyl sites for hydroxylation is 1. The van der Waals surface area contributed by atoms with Crippen molar-refractivity contribution in [3.05, 3.63) is 68.6 Å². The summed E-state index contributed by atoms with van der Waals surface area (Å²) in [6, 6.07) is 2.38. The van der Waals surface area contributed by atoms with Gasteiger partial charge in [-0.05, 0) is 19.9 Å². The van der Waals surface area contributed by atoms with Crippen molar-refractivity contribution in [2.24, 2.45) is 0 Å². The van der Waals surface area contributed by atoms with Gasteiger partial charge in [0.25, 0.3) is 11.5 Å². The summed E-state index contributed by atoms with van der Waals surface area (Å²) >= 11 is 1.34. The molecule has 24 heavy (non-hydrogen) atoms. The maximum absolute atomic E-state index is 13.8. The largest absolute Gasteiger partial charge is 0.345 e. The van der Waals surface area contributed by atoms with E-state index in [0.29, 0.717) is 4.96 Å². The maximum Gasteiger partial charge on any atom is 0.271 e. The van der Waals surface area contributed by atoms with Crippen LogP contribution in [0.15, 0.2) is 35.4 Å². The molecule has 0 radical (unpaired) electrons. The van der Waals surface area contributed by atoms with E-state index >= 15 is 0 Å². The minimum Gasteiger partial charge on any atom is -0.345 e. The molecule has 0 saturated heterocycles. The monoisotopic (exact) mass is 349 g/mol. The van der Waals surface area contributed by atoms with Gasteiger partial charge in [-0.3, -0.25) is 14.0 Å². The summed E-state index contributed by atoms with van der Waals surface area (Å²) in [7, 11) is 0. The number of hydrogen-bond acceptors (Lipinski definition) is 4. The van der Waals surface area contributed by atoms with Crippen LogP contribution in [-0.4, -0.2) is 15.3 Å². The highest BCUT2D eigenvalue weighted by atomic mass is 32.1. The predicted octanol–water partition coefficient (Wildman–Crippen LogP) is 2.83. The van der Waals surface area contributed by atoms with Crippen molar-refractivity contribution < 1.29 is 13.6 Å². The summed E-state index contributed by atoms with van der Waals surface area (Å²) in [6.45, 7) is 3.38. The molecule has 1 amide bonds. The van der Waals surface area contributed by atoms with E-state index in [1.54, 1.807) is 13.1 Å². The SMILES string of the molecule is Cc1cn2c(=O)c(C(=O)N[C@H](C)c3ccc(F)cc3F)cnc2s1. The zero-order valence-corrected chi connectivity index (χ0v) is 13.7. The van der Waals surface area contributed by atoms with Crippen molar-refractivity contribution in [2.75, 3.05) is 0 Å². The van der Waals surface area contributed by atoms with E-state index < -0.39 is 29.1 Å². The second-order valence-corrected chi connectivity index (χ2v) is 6.55. The number of aromatic nitrogens is 2. The lowest BCUT2D eigenvalue weighted by Gasteiger charge is -2.14. The summed E-state index contributed by atoms with van der Waals surface area (Å²) in [5, 5.41) is 2.53. The van der Waals surface area contributed by atoms with Crippen molar-refractivity contribution in [1.29, 1.82) is 0 Å². The molecule has 2 heterocycles. The third-order valence-corrected chi connectivity index (χ3v) is 4.46. The van der Waals surface area contributed by atoms with Gasteiger partial charge in [0, 0.05) is 28.9 Å². The average Bonchev–Trinajstić information content (AvgIpc) is 2.88. The van der Waals surface area contributed by atoms with Gasteiger partial charge >= 0.3 is 0 Å². The van der Waals surface area contributed by atoms with Crippen LogP contribution in [0.4, 0.5) is 8.78 Å². The highest BCUT2D eigenvalue weighted by Crippen LogP contribution is 2.18. The summed E-state index contributed by atoms with van der Waals surface area (Å²) in [4.78, 5) is 30.1. The fourth-order valence-corrected chi connectivity index (χ4v) is 3.14. The summed E-state index contributed by atoms with van der Waals surface area (Å²) < 4.78 is 28.0. The van der Waals surface area contributed by atoms with E-state index in [0.717, 1.165) is 17.0 Å². The molecule has 0 aliphatic heterocycles. The molecule has 0 fully saturated rings. The van der Waals surface area contributed by atoms with Crippen LogP contribution in [0.1, 0.15) is 33.8 Å². The standard InChI is InChI=1S/C16H13F2N3O2S/c1-8-7-21-15(23)12(6-19-16(21)24-8)14(22)20-9(2)11-4-3-10(17)5-13(11)18/h3-7,9H,1-2H3,(H,20,22)/t9-/m1/s1. The summed E-state index contributed by atoms with van der Waals surface area (Å²) in [6.07, 6.45) is 2.81. The van der Waals surface area contributed by atoms with Crippen LogP contribution in [0.25, 0.3) is 4.96 Å². The number of benzene rings is 1. The van der Waals surface area contributed by atoms with Crippen LogP contribution in [0, 0.1) is 18.6 Å². The Bertz CT molecular complexity index is 997. The van der Waals surface area contributed by atoms with Gasteiger partial charge in [-0.1, -0.05) is 6.07 Å². The third kappa shape index (κ3) is 2.92. The van der Waals surface area contributed by atoms with Crippen molar-refractivity contribution >= 4 is 22.2 Å². The maximum atomic E-state index is 13.8. The third-order valence-electron chi connectivity index (χ3n) is 3.54. The Balaban J connectivity index is 1.89. The van der Waals surface area contributed by atoms with E-state index in [1.807, 2.05) is 6.92 Å². The molecule has 5 nitrogen and oxygen atoms in total. The van der Waals surface area contributed by atoms with Gasteiger partial charge in [-0.2, -0.15) is 0 Å². The summed E-state index contributed by atoms with van der Waals surface area (Å²) in [5.41, 5.74) is -0.501. The zero-order valence-electron chi connectivity index (χ0n) is 12.8. The Morgan fingerprint density at radius 2 is 2.12 bits per heavy atom. The molecule has 2 aromatic heterocycles. The van der Waals surface area contributed by atoms with Crippen molar-refractivity contribution in [3.8, 4) is 0 Å². The van der Waals surface area contributed by atoms with Crippen LogP contribution in [0.3, 0.4) is 0 Å². The van der Waals surface area contributed by atoms with Crippen LogP contribution >= 0.6 is 11.3 Å². The van der Waals surface area contributed by atoms with E-state index in [9.17, 15) is 18.4 Å². The molecule has 124 valence electrons. The number of fused-ring (bicyclic) bond motifs is 1. The number of nitrogens with one attached hydrogen (secondary N) is 1. The zero-order chi connectivity index (χ0) is 17.4. The van der Waals surface area contributed by atoms with Gasteiger partial charge in [0.1, 0.15) is 17.2 Å². The Labute approximate surface area is 139 Å². The summed E-state index contributed by atoms with van der Waals surface area (Å²) in [5.74, 6) is -2.13. The fraction of sp³-hybridized carbons (Fsp3) is 0.188. The number of hydrogen-bond donors (Lipinski definition) is 1. The molecule has 1 N–H and O–H groups in total. The Morgan fingerprint density at radius 3 is 2.83 bits per heavy atom. The van der Waals surface area contributed by atoms with Gasteiger partial charge in [-0.25, -0.2) is 13.8 Å². The van der Waals surface area contributed by atoms with Gasteiger partial charge in [0.15, 0.2) is 4.96 Å². The molecule has 0 spiro atoms. The van der Waals surface area contributed by atoms with Crippen LogP contribution in [0.5, 0.6) is 0 Å². The first-order valence-electron chi connectivity index (χ1n) is 7.10. The van der Waals surface area contributed by atoms with Gasteiger partial charge in [0.2, 0.25) is 0 Å². The fourth-order valence-electron chi connectivity index (χ4n) is 2.36. The highest BCUT2D eigenvalue weighted by molar-refractivity contribution is 7.16. The Hall–Kier alpha value is -2.61. The predicted molar refractivity (Wildman–Crippen MR) is 86.3 cm³/mol. The second kappa shape index (κ2) is 6.12. The molecular formula is C16H13F2N3O2S. The number of thiazole rings is 1. The Kier molecular flexibility index (Phi) is 4.15. The molecule has 3 aromatic rings. The number of carbonyl (C=O) groups is 1. The number of amides is 1. The van der Waals surface area contributed by atoms with Crippen LogP contribution in [0.2, 0.25) is 0 Å². The van der Waals surface area contributed by atoms with Gasteiger partial charge in [-0.15, -0.1) is 11.3 Å². The normalized spacial score (nSPS) is 12.3. The molecule has 1 atom stereocenters. The smallest absolute Gasteiger partial charge is 0.271 e. The number of carbonyl (C=O) groups excluding carboxylic acids is 1. The molecule has 0 aliphatic rings. The number of rotatable bonds is 3. The first kappa shape index (κ1) is 16.3. The van der Waals surface area contributed by atoms with Crippen molar-refractivity contribution in [3.63, 3.8) is 0 Å². The molecule has 0 bridgehead atoms. The first-order chi connectivity index (χ1) is 11.4. The number of halogens is 2. The highest BCUT2D eigenvalue weighted by Gasteiger charge is 2.19. The lowest BCUT2D eigenvalue weighted by molar-refractivity contribution is 0.0937. The molecular weight excluding hydrogens is 336 g/mol. The van der Waals surface area contributed by atoms with E-state index in [4.69, 9.17) is 0 Å². The molecule has 0 aliphatic carbocycles. The van der Waals surface area contributed by atoms with E-state index in [2.05, 4.69) is 10.3 Å². The first-order valence-corrected chi connectivity index (χ1v) is 7.92. The number of nitrogens with zero attached hydrogens (tertiary/aromatic N) is 2. The van der Waals surface area contributed by atoms with Crippen LogP contribution < -0.4 is 10.9 Å². The lowest BCUT2D eigenvalue weighted by Crippen LogP contribution is -2.33. The van der Waals surface area contributed by atoms with E-state index in [1.165, 1.54) is 28.0 Å². The van der Waals surface area contributed by atoms with Gasteiger partial charge < -0.3 is 5.32 Å². The molecule has 0 saturated carbocycles. The molecule has 3 rings (SSSR count). The minimum atomic E-state index is -0.762.